The molecule has 0 aliphatic rings. The highest BCUT2D eigenvalue weighted by molar-refractivity contribution is 5.25. The van der Waals surface area contributed by atoms with Crippen molar-refractivity contribution in [1.29, 1.82) is 0 Å². The Labute approximate surface area is 185 Å². The van der Waals surface area contributed by atoms with Crippen LogP contribution < -0.4 is 9.47 Å². The number of rotatable bonds is 14. The van der Waals surface area contributed by atoms with Crippen molar-refractivity contribution < 1.29 is 9.47 Å². The van der Waals surface area contributed by atoms with Gasteiger partial charge < -0.3 is 9.47 Å². The second kappa shape index (κ2) is 12.7. The largest absolute Gasteiger partial charge is 0.452 e. The third-order valence-electron chi connectivity index (χ3n) is 6.04. The molecule has 0 spiro atoms. The van der Waals surface area contributed by atoms with Gasteiger partial charge in [-0.15, -0.1) is 0 Å². The van der Waals surface area contributed by atoms with Crippen LogP contribution in [0.15, 0.2) is 60.7 Å². The minimum Gasteiger partial charge on any atom is -0.452 e. The molecule has 0 fully saturated rings. The number of hydrogen-bond donors (Lipinski definition) is 0. The zero-order chi connectivity index (χ0) is 21.8. The van der Waals surface area contributed by atoms with Crippen LogP contribution in [-0.4, -0.2) is 5.79 Å². The fraction of sp³-hybridized carbons (Fsp3) is 0.571. The minimum absolute atomic E-state index is 0.199. The van der Waals surface area contributed by atoms with Crippen molar-refractivity contribution in [2.45, 2.75) is 85.4 Å². The van der Waals surface area contributed by atoms with Gasteiger partial charge in [0.05, 0.1) is 0 Å². The molecular weight excluding hydrogens is 368 g/mol. The molecule has 0 radical (unpaired) electrons. The van der Waals surface area contributed by atoms with E-state index < -0.39 is 5.79 Å². The van der Waals surface area contributed by atoms with Gasteiger partial charge in [-0.1, -0.05) is 110 Å². The van der Waals surface area contributed by atoms with Gasteiger partial charge in [0, 0.05) is 11.8 Å². The molecule has 0 aromatic heterocycles. The molecule has 0 aliphatic heterocycles. The summed E-state index contributed by atoms with van der Waals surface area (Å²) in [5.74, 6) is 1.98. The topological polar surface area (TPSA) is 18.5 Å². The first-order chi connectivity index (χ1) is 14.5. The summed E-state index contributed by atoms with van der Waals surface area (Å²) in [5, 5.41) is 0. The van der Waals surface area contributed by atoms with E-state index in [-0.39, 0.29) is 5.92 Å². The van der Waals surface area contributed by atoms with Gasteiger partial charge in [-0.2, -0.15) is 0 Å². The highest BCUT2D eigenvalue weighted by Gasteiger charge is 2.48. The van der Waals surface area contributed by atoms with E-state index in [2.05, 4.69) is 34.6 Å². The SMILES string of the molecule is CCCCCCCCC(C(C)C)C(Oc1ccccc1)(Oc1ccccc1)C(C)C. The Kier molecular flexibility index (Phi) is 10.3. The molecule has 0 N–H and O–H groups in total. The van der Waals surface area contributed by atoms with Crippen LogP contribution in [0.3, 0.4) is 0 Å². The van der Waals surface area contributed by atoms with Crippen molar-refractivity contribution in [1.82, 2.24) is 0 Å². The van der Waals surface area contributed by atoms with Gasteiger partial charge in [0.2, 0.25) is 0 Å². The standard InChI is InChI=1S/C28H42O2/c1-6-7-8-9-10-17-22-27(23(2)3)28(24(4)5,29-25-18-13-11-14-19-25)30-26-20-15-12-16-21-26/h11-16,18-21,23-24,27H,6-10,17,22H2,1-5H3. The molecule has 1 atom stereocenters. The monoisotopic (exact) mass is 410 g/mol. The summed E-state index contributed by atoms with van der Waals surface area (Å²) in [6.45, 7) is 11.3. The second-order valence-electron chi connectivity index (χ2n) is 9.11. The highest BCUT2D eigenvalue weighted by Crippen LogP contribution is 2.41. The average Bonchev–Trinajstić information content (AvgIpc) is 2.74. The maximum atomic E-state index is 6.76. The van der Waals surface area contributed by atoms with Gasteiger partial charge >= 0.3 is 0 Å². The van der Waals surface area contributed by atoms with Crippen LogP contribution in [0.4, 0.5) is 0 Å². The Morgan fingerprint density at radius 1 is 0.667 bits per heavy atom. The number of hydrogen-bond acceptors (Lipinski definition) is 2. The third-order valence-corrected chi connectivity index (χ3v) is 6.04. The first kappa shape index (κ1) is 24.3. The van der Waals surface area contributed by atoms with Crippen molar-refractivity contribution in [2.24, 2.45) is 17.8 Å². The normalized spacial score (nSPS) is 12.9. The zero-order valence-electron chi connectivity index (χ0n) is 19.8. The molecule has 0 saturated carbocycles. The van der Waals surface area contributed by atoms with Crippen LogP contribution >= 0.6 is 0 Å². The summed E-state index contributed by atoms with van der Waals surface area (Å²) in [4.78, 5) is 0. The predicted octanol–water partition coefficient (Wildman–Crippen LogP) is 8.52. The lowest BCUT2D eigenvalue weighted by molar-refractivity contribution is -0.199. The van der Waals surface area contributed by atoms with Gasteiger partial charge in [-0.3, -0.25) is 0 Å². The van der Waals surface area contributed by atoms with Crippen LogP contribution in [0.25, 0.3) is 0 Å². The molecule has 2 aromatic rings. The van der Waals surface area contributed by atoms with Gasteiger partial charge in [0.15, 0.2) is 0 Å². The van der Waals surface area contributed by atoms with Crippen molar-refractivity contribution in [3.63, 3.8) is 0 Å². The maximum Gasteiger partial charge on any atom is 0.256 e. The number of ether oxygens (including phenoxy) is 2. The fourth-order valence-corrected chi connectivity index (χ4v) is 4.33. The smallest absolute Gasteiger partial charge is 0.256 e. The fourth-order valence-electron chi connectivity index (χ4n) is 4.33. The zero-order valence-corrected chi connectivity index (χ0v) is 19.8. The van der Waals surface area contributed by atoms with Gasteiger partial charge in [0.1, 0.15) is 11.5 Å². The van der Waals surface area contributed by atoms with Gasteiger partial charge in [-0.05, 0) is 36.6 Å². The van der Waals surface area contributed by atoms with E-state index in [9.17, 15) is 0 Å². The Morgan fingerprint density at radius 2 is 1.13 bits per heavy atom. The van der Waals surface area contributed by atoms with E-state index in [0.717, 1.165) is 17.9 Å². The van der Waals surface area contributed by atoms with E-state index in [1.54, 1.807) is 0 Å². The lowest BCUT2D eigenvalue weighted by Crippen LogP contribution is -2.55. The number of benzene rings is 2. The summed E-state index contributed by atoms with van der Waals surface area (Å²) in [7, 11) is 0. The first-order valence-electron chi connectivity index (χ1n) is 12.0. The molecule has 0 bridgehead atoms. The third kappa shape index (κ3) is 7.07. The quantitative estimate of drug-likeness (QED) is 0.229. The van der Waals surface area contributed by atoms with Crippen LogP contribution in [0, 0.1) is 17.8 Å². The van der Waals surface area contributed by atoms with Crippen molar-refractivity contribution in [3.05, 3.63) is 60.7 Å². The van der Waals surface area contributed by atoms with Crippen molar-refractivity contribution in [3.8, 4) is 11.5 Å². The van der Waals surface area contributed by atoms with Gasteiger partial charge in [-0.25, -0.2) is 0 Å². The molecule has 30 heavy (non-hydrogen) atoms. The van der Waals surface area contributed by atoms with E-state index in [4.69, 9.17) is 9.47 Å². The maximum absolute atomic E-state index is 6.76. The molecule has 166 valence electrons. The predicted molar refractivity (Wildman–Crippen MR) is 128 cm³/mol. The Bertz CT molecular complexity index is 637. The van der Waals surface area contributed by atoms with Crippen molar-refractivity contribution in [2.75, 3.05) is 0 Å². The van der Waals surface area contributed by atoms with E-state index in [1.165, 1.54) is 38.5 Å². The number of unbranched alkanes of at least 4 members (excludes halogenated alkanes) is 5. The minimum atomic E-state index is -0.708. The molecule has 2 rings (SSSR count). The summed E-state index contributed by atoms with van der Waals surface area (Å²) < 4.78 is 13.5. The van der Waals surface area contributed by atoms with Crippen LogP contribution in [0.2, 0.25) is 0 Å². The summed E-state index contributed by atoms with van der Waals surface area (Å²) in [6, 6.07) is 20.3. The molecule has 0 saturated heterocycles. The molecular formula is C28H42O2. The molecule has 0 heterocycles. The van der Waals surface area contributed by atoms with E-state index in [0.29, 0.717) is 11.8 Å². The van der Waals surface area contributed by atoms with Gasteiger partial charge in [0.25, 0.3) is 5.79 Å². The average molecular weight is 411 g/mol. The van der Waals surface area contributed by atoms with Crippen LogP contribution in [0.1, 0.15) is 79.6 Å². The van der Waals surface area contributed by atoms with E-state index >= 15 is 0 Å². The molecule has 2 heteroatoms. The molecule has 2 aromatic carbocycles. The number of para-hydroxylation sites is 2. The molecule has 2 nitrogen and oxygen atoms in total. The Balaban J connectivity index is 2.29. The molecule has 0 amide bonds. The van der Waals surface area contributed by atoms with Crippen LogP contribution in [-0.2, 0) is 0 Å². The summed E-state index contributed by atoms with van der Waals surface area (Å²) >= 11 is 0. The molecule has 1 unspecified atom stereocenters. The Morgan fingerprint density at radius 3 is 1.57 bits per heavy atom. The first-order valence-corrected chi connectivity index (χ1v) is 12.0. The van der Waals surface area contributed by atoms with Crippen LogP contribution in [0.5, 0.6) is 11.5 Å². The highest BCUT2D eigenvalue weighted by atomic mass is 16.7. The molecule has 0 aliphatic carbocycles. The lowest BCUT2D eigenvalue weighted by Gasteiger charge is -2.45. The summed E-state index contributed by atoms with van der Waals surface area (Å²) in [5.41, 5.74) is 0. The second-order valence-corrected chi connectivity index (χ2v) is 9.11. The van der Waals surface area contributed by atoms with E-state index in [1.807, 2.05) is 60.7 Å². The van der Waals surface area contributed by atoms with Crippen molar-refractivity contribution >= 4 is 0 Å². The summed E-state index contributed by atoms with van der Waals surface area (Å²) in [6.07, 6.45) is 8.93. The lowest BCUT2D eigenvalue weighted by atomic mass is 9.77. The Hall–Kier alpha value is -1.96.